The van der Waals surface area contributed by atoms with E-state index in [0.29, 0.717) is 35.5 Å². The highest BCUT2D eigenvalue weighted by molar-refractivity contribution is 5.71. The van der Waals surface area contributed by atoms with E-state index in [1.54, 1.807) is 20.4 Å². The van der Waals surface area contributed by atoms with Gasteiger partial charge in [-0.2, -0.15) is 5.26 Å². The fourth-order valence-corrected chi connectivity index (χ4v) is 4.46. The molecule has 3 aromatic rings. The molecule has 1 aliphatic carbocycles. The Hall–Kier alpha value is -3.24. The van der Waals surface area contributed by atoms with Gasteiger partial charge in [-0.3, -0.25) is 4.40 Å². The number of hydrogen-bond acceptors (Lipinski definition) is 6. The number of ether oxygens (including phenoxy) is 3. The fourth-order valence-electron chi connectivity index (χ4n) is 4.46. The molecular weight excluding hydrogens is 392 g/mol. The van der Waals surface area contributed by atoms with Gasteiger partial charge in [0.25, 0.3) is 0 Å². The van der Waals surface area contributed by atoms with E-state index in [1.165, 1.54) is 0 Å². The molecule has 2 atom stereocenters. The quantitative estimate of drug-likeness (QED) is 0.616. The van der Waals surface area contributed by atoms with Gasteiger partial charge in [0.05, 0.1) is 31.6 Å². The molecule has 0 aliphatic heterocycles. The second-order valence-corrected chi connectivity index (χ2v) is 8.24. The van der Waals surface area contributed by atoms with Crippen molar-refractivity contribution in [2.75, 3.05) is 20.8 Å². The first kappa shape index (κ1) is 21.0. The summed E-state index contributed by atoms with van der Waals surface area (Å²) in [5.41, 5.74) is 8.99. The Morgan fingerprint density at radius 3 is 2.74 bits per heavy atom. The lowest BCUT2D eigenvalue weighted by Crippen LogP contribution is -2.43. The van der Waals surface area contributed by atoms with Crippen LogP contribution in [0.2, 0.25) is 0 Å². The number of hydrogen-bond donors (Lipinski definition) is 1. The van der Waals surface area contributed by atoms with Crippen LogP contribution in [-0.4, -0.2) is 35.8 Å². The molecule has 2 aromatic heterocycles. The van der Waals surface area contributed by atoms with Crippen LogP contribution in [-0.2, 0) is 0 Å². The Labute approximate surface area is 182 Å². The van der Waals surface area contributed by atoms with Crippen LogP contribution in [0.25, 0.3) is 16.9 Å². The number of imidazole rings is 1. The smallest absolute Gasteiger partial charge is 0.199 e. The van der Waals surface area contributed by atoms with Crippen molar-refractivity contribution in [2.45, 2.75) is 38.1 Å². The van der Waals surface area contributed by atoms with Crippen molar-refractivity contribution in [1.29, 1.82) is 5.26 Å². The van der Waals surface area contributed by atoms with E-state index < -0.39 is 0 Å². The molecule has 4 rings (SSSR count). The van der Waals surface area contributed by atoms with Crippen LogP contribution < -0.4 is 19.9 Å². The monoisotopic (exact) mass is 420 g/mol. The Bertz CT molecular complexity index is 1130. The molecule has 1 aromatic carbocycles. The summed E-state index contributed by atoms with van der Waals surface area (Å²) in [6.07, 6.45) is 5.88. The summed E-state index contributed by atoms with van der Waals surface area (Å²) in [4.78, 5) is 4.49. The Kier molecular flexibility index (Phi) is 5.75. The Balaban J connectivity index is 1.74. The van der Waals surface area contributed by atoms with Crippen LogP contribution in [0.4, 0.5) is 0 Å². The van der Waals surface area contributed by atoms with Crippen LogP contribution in [0.5, 0.6) is 17.4 Å². The number of rotatable bonds is 7. The van der Waals surface area contributed by atoms with Crippen LogP contribution >= 0.6 is 0 Å². The summed E-state index contributed by atoms with van der Waals surface area (Å²) >= 11 is 0. The molecule has 0 amide bonds. The molecule has 7 heteroatoms. The Morgan fingerprint density at radius 2 is 2.06 bits per heavy atom. The molecule has 2 N–H and O–H groups in total. The van der Waals surface area contributed by atoms with Gasteiger partial charge in [0.2, 0.25) is 0 Å². The number of methoxy groups -OCH3 is 2. The zero-order valence-electron chi connectivity index (χ0n) is 18.2. The lowest BCUT2D eigenvalue weighted by atomic mass is 9.97. The van der Waals surface area contributed by atoms with E-state index in [-0.39, 0.29) is 5.54 Å². The fraction of sp³-hybridized carbons (Fsp3) is 0.417. The number of nitrogens with two attached hydrogens (primary N) is 1. The van der Waals surface area contributed by atoms with E-state index >= 15 is 0 Å². The van der Waals surface area contributed by atoms with Gasteiger partial charge in [0.15, 0.2) is 5.88 Å². The average molecular weight is 421 g/mol. The minimum absolute atomic E-state index is 0.362. The van der Waals surface area contributed by atoms with Crippen LogP contribution in [0.15, 0.2) is 36.5 Å². The van der Waals surface area contributed by atoms with Gasteiger partial charge >= 0.3 is 0 Å². The van der Waals surface area contributed by atoms with Gasteiger partial charge in [0.1, 0.15) is 35.4 Å². The van der Waals surface area contributed by atoms with Crippen molar-refractivity contribution in [1.82, 2.24) is 9.38 Å². The largest absolute Gasteiger partial charge is 0.495 e. The Morgan fingerprint density at radius 1 is 1.26 bits per heavy atom. The summed E-state index contributed by atoms with van der Waals surface area (Å²) in [5.74, 6) is 2.21. The number of nitriles is 1. The van der Waals surface area contributed by atoms with Gasteiger partial charge in [-0.05, 0) is 49.4 Å². The van der Waals surface area contributed by atoms with Gasteiger partial charge < -0.3 is 19.9 Å². The average Bonchev–Trinajstić information content (AvgIpc) is 3.40. The maximum atomic E-state index is 9.76. The van der Waals surface area contributed by atoms with Gasteiger partial charge in [-0.25, -0.2) is 4.98 Å². The molecule has 1 aliphatic rings. The summed E-state index contributed by atoms with van der Waals surface area (Å²) in [6.45, 7) is 2.56. The molecule has 0 bridgehead atoms. The van der Waals surface area contributed by atoms with Crippen LogP contribution in [0.3, 0.4) is 0 Å². The van der Waals surface area contributed by atoms with Crippen molar-refractivity contribution in [3.05, 3.63) is 42.1 Å². The maximum absolute atomic E-state index is 9.76. The maximum Gasteiger partial charge on any atom is 0.199 e. The van der Waals surface area contributed by atoms with E-state index in [2.05, 4.69) is 18.0 Å². The molecule has 7 nitrogen and oxygen atoms in total. The predicted octanol–water partition coefficient (Wildman–Crippen LogP) is 4.18. The summed E-state index contributed by atoms with van der Waals surface area (Å²) < 4.78 is 19.1. The number of aromatic nitrogens is 2. The van der Waals surface area contributed by atoms with Crippen molar-refractivity contribution >= 4 is 5.65 Å². The van der Waals surface area contributed by atoms with E-state index in [0.717, 1.165) is 42.6 Å². The molecule has 0 radical (unpaired) electrons. The molecule has 162 valence electrons. The molecule has 1 saturated carbocycles. The molecule has 31 heavy (non-hydrogen) atoms. The molecule has 1 fully saturated rings. The molecular formula is C24H28N4O3. The summed E-state index contributed by atoms with van der Waals surface area (Å²) in [5, 5.41) is 9.76. The number of fused-ring (bicyclic) bond motifs is 1. The van der Waals surface area contributed by atoms with Crippen LogP contribution in [0.1, 0.15) is 38.2 Å². The SMILES string of the molecule is CCC1CCC(N)(COc2cc(-c3cnc4cccc(OC)n34)cc(OC)c2C#N)C1. The van der Waals surface area contributed by atoms with E-state index in [9.17, 15) is 5.26 Å². The first-order chi connectivity index (χ1) is 15.0. The predicted molar refractivity (Wildman–Crippen MR) is 118 cm³/mol. The van der Waals surface area contributed by atoms with Crippen molar-refractivity contribution in [3.8, 4) is 34.7 Å². The van der Waals surface area contributed by atoms with Crippen molar-refractivity contribution in [3.63, 3.8) is 0 Å². The molecule has 2 unspecified atom stereocenters. The normalized spacial score (nSPS) is 20.5. The van der Waals surface area contributed by atoms with E-state index in [1.807, 2.05) is 34.7 Å². The minimum atomic E-state index is -0.372. The summed E-state index contributed by atoms with van der Waals surface area (Å²) in [6, 6.07) is 11.6. The minimum Gasteiger partial charge on any atom is -0.495 e. The van der Waals surface area contributed by atoms with Gasteiger partial charge in [0, 0.05) is 5.56 Å². The lowest BCUT2D eigenvalue weighted by Gasteiger charge is -2.25. The third-order valence-corrected chi connectivity index (χ3v) is 6.23. The van der Waals surface area contributed by atoms with Crippen LogP contribution in [0, 0.1) is 17.2 Å². The zero-order valence-corrected chi connectivity index (χ0v) is 18.2. The third-order valence-electron chi connectivity index (χ3n) is 6.23. The molecule has 0 spiro atoms. The zero-order chi connectivity index (χ0) is 22.0. The van der Waals surface area contributed by atoms with Crippen molar-refractivity contribution in [2.24, 2.45) is 11.7 Å². The van der Waals surface area contributed by atoms with Gasteiger partial charge in [-0.1, -0.05) is 19.4 Å². The summed E-state index contributed by atoms with van der Waals surface area (Å²) in [7, 11) is 3.17. The number of nitrogens with zero attached hydrogens (tertiary/aromatic N) is 3. The topological polar surface area (TPSA) is 94.8 Å². The first-order valence-corrected chi connectivity index (χ1v) is 10.6. The lowest BCUT2D eigenvalue weighted by molar-refractivity contribution is 0.214. The second-order valence-electron chi connectivity index (χ2n) is 8.24. The third kappa shape index (κ3) is 3.91. The van der Waals surface area contributed by atoms with Crippen molar-refractivity contribution < 1.29 is 14.2 Å². The number of benzene rings is 1. The van der Waals surface area contributed by atoms with Gasteiger partial charge in [-0.15, -0.1) is 0 Å². The standard InChI is InChI=1S/C24H28N4O3/c1-4-16-8-9-24(26,12-16)15-31-21-11-17(10-20(29-2)18(21)13-25)19-14-27-22-6-5-7-23(30-3)28(19)22/h5-7,10-11,14,16H,4,8-9,12,15,26H2,1-3H3. The highest BCUT2D eigenvalue weighted by atomic mass is 16.5. The molecule has 2 heterocycles. The highest BCUT2D eigenvalue weighted by Gasteiger charge is 2.36. The highest BCUT2D eigenvalue weighted by Crippen LogP contribution is 2.38. The number of pyridine rings is 1. The first-order valence-electron chi connectivity index (χ1n) is 10.6. The second kappa shape index (κ2) is 8.48. The molecule has 0 saturated heterocycles. The van der Waals surface area contributed by atoms with E-state index in [4.69, 9.17) is 19.9 Å².